The summed E-state index contributed by atoms with van der Waals surface area (Å²) >= 11 is 0. The third-order valence-corrected chi connectivity index (χ3v) is 3.60. The molecule has 0 aliphatic carbocycles. The predicted octanol–water partition coefficient (Wildman–Crippen LogP) is 4.49. The highest BCUT2D eigenvalue weighted by atomic mass is 19.2. The molecular formula is C19H19F2NO2. The van der Waals surface area contributed by atoms with Crippen LogP contribution >= 0.6 is 0 Å². The van der Waals surface area contributed by atoms with E-state index in [-0.39, 0.29) is 23.3 Å². The molecule has 2 aromatic rings. The summed E-state index contributed by atoms with van der Waals surface area (Å²) in [7, 11) is 0. The van der Waals surface area contributed by atoms with E-state index in [1.165, 1.54) is 6.07 Å². The lowest BCUT2D eigenvalue weighted by atomic mass is 9.87. The first-order valence-corrected chi connectivity index (χ1v) is 7.49. The Kier molecular flexibility index (Phi) is 5.12. The summed E-state index contributed by atoms with van der Waals surface area (Å²) in [6.45, 7) is 5.90. The monoisotopic (exact) mass is 331 g/mol. The van der Waals surface area contributed by atoms with Crippen LogP contribution in [0.5, 0.6) is 0 Å². The number of carbonyl (C=O) groups excluding carboxylic acids is 1. The zero-order valence-electron chi connectivity index (χ0n) is 13.8. The van der Waals surface area contributed by atoms with E-state index < -0.39 is 17.6 Å². The van der Waals surface area contributed by atoms with Gasteiger partial charge in [-0.15, -0.1) is 0 Å². The molecule has 1 N–H and O–H groups in total. The van der Waals surface area contributed by atoms with E-state index in [2.05, 4.69) is 20.8 Å². The summed E-state index contributed by atoms with van der Waals surface area (Å²) in [4.78, 5) is 12.0. The minimum Gasteiger partial charge on any atom is -0.456 e. The molecule has 0 saturated carbocycles. The number of carbonyl (C=O) groups is 1. The first kappa shape index (κ1) is 17.8. The summed E-state index contributed by atoms with van der Waals surface area (Å²) in [5.41, 5.74) is 1.52. The second-order valence-electron chi connectivity index (χ2n) is 6.51. The van der Waals surface area contributed by atoms with Gasteiger partial charge in [0.1, 0.15) is 6.61 Å². The fraction of sp³-hybridized carbons (Fsp3) is 0.263. The summed E-state index contributed by atoms with van der Waals surface area (Å²) in [6, 6.07) is 10.2. The van der Waals surface area contributed by atoms with E-state index in [1.54, 1.807) is 12.1 Å². The van der Waals surface area contributed by atoms with Crippen LogP contribution in [0.4, 0.5) is 8.78 Å². The number of nitrogens with one attached hydrogen (secondary N) is 1. The van der Waals surface area contributed by atoms with Gasteiger partial charge >= 0.3 is 5.97 Å². The topological polar surface area (TPSA) is 50.2 Å². The van der Waals surface area contributed by atoms with Crippen LogP contribution in [-0.2, 0) is 10.2 Å². The van der Waals surface area contributed by atoms with Crippen molar-refractivity contribution in [2.75, 3.05) is 6.61 Å². The number of benzene rings is 2. The smallest absolute Gasteiger partial charge is 0.338 e. The van der Waals surface area contributed by atoms with Crippen LogP contribution in [0.15, 0.2) is 42.5 Å². The van der Waals surface area contributed by atoms with Gasteiger partial charge in [0.05, 0.1) is 11.3 Å². The Morgan fingerprint density at radius 3 is 2.12 bits per heavy atom. The van der Waals surface area contributed by atoms with Crippen molar-refractivity contribution in [3.63, 3.8) is 0 Å². The molecule has 0 aromatic heterocycles. The van der Waals surface area contributed by atoms with Gasteiger partial charge in [0, 0.05) is 5.56 Å². The van der Waals surface area contributed by atoms with Crippen molar-refractivity contribution >= 4 is 11.7 Å². The molecule has 0 spiro atoms. The Balaban J connectivity index is 1.99. The fourth-order valence-electron chi connectivity index (χ4n) is 2.09. The Labute approximate surface area is 139 Å². The van der Waals surface area contributed by atoms with E-state index in [1.807, 2.05) is 12.1 Å². The van der Waals surface area contributed by atoms with Crippen molar-refractivity contribution in [1.29, 1.82) is 5.41 Å². The van der Waals surface area contributed by atoms with Crippen molar-refractivity contribution in [3.05, 3.63) is 70.8 Å². The second kappa shape index (κ2) is 6.91. The lowest BCUT2D eigenvalue weighted by Crippen LogP contribution is -2.15. The summed E-state index contributed by atoms with van der Waals surface area (Å²) < 4.78 is 31.1. The van der Waals surface area contributed by atoms with Crippen molar-refractivity contribution in [2.24, 2.45) is 0 Å². The van der Waals surface area contributed by atoms with Crippen molar-refractivity contribution in [1.82, 2.24) is 0 Å². The number of rotatable bonds is 4. The van der Waals surface area contributed by atoms with Crippen LogP contribution in [0.3, 0.4) is 0 Å². The van der Waals surface area contributed by atoms with Crippen LogP contribution in [-0.4, -0.2) is 18.3 Å². The number of halogens is 2. The zero-order chi connectivity index (χ0) is 17.9. The Hall–Kier alpha value is -2.56. The third-order valence-electron chi connectivity index (χ3n) is 3.60. The van der Waals surface area contributed by atoms with Crippen LogP contribution in [0.25, 0.3) is 0 Å². The average Bonchev–Trinajstić information content (AvgIpc) is 2.54. The molecule has 0 aliphatic heterocycles. The van der Waals surface area contributed by atoms with E-state index in [4.69, 9.17) is 10.1 Å². The van der Waals surface area contributed by atoms with Gasteiger partial charge in [-0.25, -0.2) is 13.6 Å². The first-order chi connectivity index (χ1) is 11.2. The molecular weight excluding hydrogens is 312 g/mol. The van der Waals surface area contributed by atoms with E-state index in [0.717, 1.165) is 17.7 Å². The Morgan fingerprint density at radius 1 is 1.00 bits per heavy atom. The van der Waals surface area contributed by atoms with Gasteiger partial charge in [-0.3, -0.25) is 0 Å². The van der Waals surface area contributed by atoms with Crippen molar-refractivity contribution in [2.45, 2.75) is 26.2 Å². The van der Waals surface area contributed by atoms with Gasteiger partial charge in [0.15, 0.2) is 11.6 Å². The molecule has 2 rings (SSSR count). The summed E-state index contributed by atoms with van der Waals surface area (Å²) in [5.74, 6) is -2.59. The lowest BCUT2D eigenvalue weighted by Gasteiger charge is -2.18. The fourth-order valence-corrected chi connectivity index (χ4v) is 2.09. The molecule has 24 heavy (non-hydrogen) atoms. The van der Waals surface area contributed by atoms with E-state index >= 15 is 0 Å². The maximum absolute atomic E-state index is 13.2. The zero-order valence-corrected chi connectivity index (χ0v) is 13.8. The highest BCUT2D eigenvalue weighted by molar-refractivity contribution is 6.01. The molecule has 0 saturated heterocycles. The SMILES string of the molecule is CC(C)(C)c1ccc(C(=O)OCC(=N)c2ccc(F)c(F)c2)cc1. The first-order valence-electron chi connectivity index (χ1n) is 7.49. The molecule has 126 valence electrons. The van der Waals surface area contributed by atoms with Gasteiger partial charge in [0.25, 0.3) is 0 Å². The number of ether oxygens (including phenoxy) is 1. The molecule has 0 bridgehead atoms. The normalized spacial score (nSPS) is 11.2. The maximum Gasteiger partial charge on any atom is 0.338 e. The average molecular weight is 331 g/mol. The molecule has 3 nitrogen and oxygen atoms in total. The molecule has 0 radical (unpaired) electrons. The lowest BCUT2D eigenvalue weighted by molar-refractivity contribution is 0.0563. The third kappa shape index (κ3) is 4.25. The molecule has 2 aromatic carbocycles. The Bertz CT molecular complexity index is 762. The van der Waals surface area contributed by atoms with Gasteiger partial charge in [-0.2, -0.15) is 0 Å². The van der Waals surface area contributed by atoms with Crippen molar-refractivity contribution in [3.8, 4) is 0 Å². The molecule has 0 fully saturated rings. The number of hydrogen-bond donors (Lipinski definition) is 1. The van der Waals surface area contributed by atoms with Crippen LogP contribution in [0.1, 0.15) is 42.3 Å². The molecule has 0 atom stereocenters. The van der Waals surface area contributed by atoms with Crippen LogP contribution < -0.4 is 0 Å². The standard InChI is InChI=1S/C19H19F2NO2/c1-19(2,3)14-7-4-12(5-8-14)18(23)24-11-17(22)13-6-9-15(20)16(21)10-13/h4-10,22H,11H2,1-3H3. The van der Waals surface area contributed by atoms with Gasteiger partial charge in [-0.1, -0.05) is 32.9 Å². The number of esters is 1. The van der Waals surface area contributed by atoms with Gasteiger partial charge in [-0.05, 0) is 41.3 Å². The molecule has 0 aliphatic rings. The summed E-state index contributed by atoms with van der Waals surface area (Å²) in [5, 5.41) is 7.80. The van der Waals surface area contributed by atoms with Gasteiger partial charge in [0.2, 0.25) is 0 Å². The highest BCUT2D eigenvalue weighted by Gasteiger charge is 2.15. The van der Waals surface area contributed by atoms with E-state index in [0.29, 0.717) is 5.56 Å². The minimum atomic E-state index is -1.04. The highest BCUT2D eigenvalue weighted by Crippen LogP contribution is 2.22. The molecule has 0 heterocycles. The molecule has 5 heteroatoms. The van der Waals surface area contributed by atoms with Crippen molar-refractivity contribution < 1.29 is 18.3 Å². The maximum atomic E-state index is 13.2. The van der Waals surface area contributed by atoms with Gasteiger partial charge < -0.3 is 10.1 Å². The quantitative estimate of drug-likeness (QED) is 0.663. The summed E-state index contributed by atoms with van der Waals surface area (Å²) in [6.07, 6.45) is 0. The van der Waals surface area contributed by atoms with Crippen LogP contribution in [0, 0.1) is 17.0 Å². The predicted molar refractivity (Wildman–Crippen MR) is 88.6 cm³/mol. The largest absolute Gasteiger partial charge is 0.456 e. The van der Waals surface area contributed by atoms with Crippen LogP contribution in [0.2, 0.25) is 0 Å². The van der Waals surface area contributed by atoms with E-state index in [9.17, 15) is 13.6 Å². The molecule has 0 amide bonds. The second-order valence-corrected chi connectivity index (χ2v) is 6.51. The number of hydrogen-bond acceptors (Lipinski definition) is 3. The minimum absolute atomic E-state index is 0.0166. The molecule has 0 unspecified atom stereocenters. The Morgan fingerprint density at radius 2 is 1.58 bits per heavy atom.